The molecule has 0 amide bonds. The van der Waals surface area contributed by atoms with Crippen LogP contribution in [0.1, 0.15) is 27.5 Å². The highest BCUT2D eigenvalue weighted by molar-refractivity contribution is 6.27. The van der Waals surface area contributed by atoms with Crippen LogP contribution < -0.4 is 0 Å². The maximum atomic E-state index is 9.69. The zero-order valence-corrected chi connectivity index (χ0v) is 23.4. The van der Waals surface area contributed by atoms with Gasteiger partial charge in [0.15, 0.2) is 0 Å². The predicted molar refractivity (Wildman–Crippen MR) is 189 cm³/mol. The van der Waals surface area contributed by atoms with E-state index in [1.165, 1.54) is 6.92 Å². The van der Waals surface area contributed by atoms with E-state index in [2.05, 4.69) is 0 Å². The van der Waals surface area contributed by atoms with Crippen LogP contribution in [0.2, 0.25) is 0 Å². The molecule has 0 saturated heterocycles. The molecule has 2 heterocycles. The number of rotatable bonds is 2. The minimum atomic E-state index is -0.649. The molecule has 0 radical (unpaired) electrons. The van der Waals surface area contributed by atoms with Crippen molar-refractivity contribution >= 4 is 76.2 Å². The second-order valence-electron chi connectivity index (χ2n) is 10.8. The Hall–Kier alpha value is -5.86. The van der Waals surface area contributed by atoms with Crippen molar-refractivity contribution in [2.24, 2.45) is 0 Å². The van der Waals surface area contributed by atoms with E-state index in [4.69, 9.17) is 22.5 Å². The van der Waals surface area contributed by atoms with E-state index in [0.29, 0.717) is 5.56 Å². The molecular formula is C43H26O2. The SMILES string of the molecule is [2H]c1c([2H])c([2H])c2c(oc3c([2H])c([2H])c4oc5c(C)c(-c6c7c([2H])c([2H])c([2H])c([2H])c7c(-c7ccc8ccccc8c7)c7c([2H])c([2H])c([2H])c([2H])c67)c([2H])c([2H])c5c4c32)c1[2H]. The number of aryl methyl sites for hydroxylation is 1. The van der Waals surface area contributed by atoms with E-state index >= 15 is 0 Å². The number of benzene rings is 8. The van der Waals surface area contributed by atoms with Crippen molar-refractivity contribution in [2.45, 2.75) is 6.92 Å². The molecule has 0 bridgehead atoms. The summed E-state index contributed by atoms with van der Waals surface area (Å²) >= 11 is 0. The third-order valence-corrected chi connectivity index (χ3v) is 8.47. The van der Waals surface area contributed by atoms with E-state index < -0.39 is 96.7 Å². The molecule has 8 aromatic carbocycles. The first-order valence-electron chi connectivity index (χ1n) is 22.1. The molecule has 0 unspecified atom stereocenters. The Morgan fingerprint density at radius 2 is 1.09 bits per heavy atom. The van der Waals surface area contributed by atoms with Crippen LogP contribution in [0.15, 0.2) is 148 Å². The normalized spacial score (nSPS) is 17.1. The van der Waals surface area contributed by atoms with Crippen molar-refractivity contribution in [3.63, 3.8) is 0 Å². The van der Waals surface area contributed by atoms with Gasteiger partial charge in [0.2, 0.25) is 0 Å². The number of furan rings is 2. The molecule has 10 aromatic rings. The second kappa shape index (κ2) is 9.07. The first-order valence-corrected chi connectivity index (χ1v) is 14.1. The lowest BCUT2D eigenvalue weighted by Gasteiger charge is -2.19. The van der Waals surface area contributed by atoms with Gasteiger partial charge in [-0.1, -0.05) is 109 Å². The number of fused-ring (bicyclic) bond motifs is 10. The Bertz CT molecular complexity index is 3650. The Morgan fingerprint density at radius 3 is 1.82 bits per heavy atom. The molecule has 0 aliphatic heterocycles. The van der Waals surface area contributed by atoms with Gasteiger partial charge >= 0.3 is 0 Å². The van der Waals surface area contributed by atoms with Gasteiger partial charge in [-0.25, -0.2) is 0 Å². The molecule has 0 aliphatic rings. The summed E-state index contributed by atoms with van der Waals surface area (Å²) in [5, 5.41) is 0.844. The number of hydrogen-bond acceptors (Lipinski definition) is 2. The molecule has 0 N–H and O–H groups in total. The average molecular weight is 591 g/mol. The molecule has 0 spiro atoms. The van der Waals surface area contributed by atoms with Crippen molar-refractivity contribution < 1.29 is 30.8 Å². The van der Waals surface area contributed by atoms with Gasteiger partial charge in [-0.2, -0.15) is 0 Å². The molecule has 10 rings (SSSR count). The molecule has 0 aliphatic carbocycles. The quantitative estimate of drug-likeness (QED) is 0.187. The maximum Gasteiger partial charge on any atom is 0.138 e. The van der Waals surface area contributed by atoms with Crippen LogP contribution in [0.4, 0.5) is 0 Å². The van der Waals surface area contributed by atoms with Crippen molar-refractivity contribution in [2.75, 3.05) is 0 Å². The monoisotopic (exact) mass is 590 g/mol. The second-order valence-corrected chi connectivity index (χ2v) is 10.8. The van der Waals surface area contributed by atoms with Crippen LogP contribution in [0.3, 0.4) is 0 Å². The minimum absolute atomic E-state index is 0.0202. The molecule has 2 nitrogen and oxygen atoms in total. The molecule has 210 valence electrons. The highest BCUT2D eigenvalue weighted by atomic mass is 16.3. The number of hydrogen-bond donors (Lipinski definition) is 0. The Balaban J connectivity index is 1.47. The van der Waals surface area contributed by atoms with Crippen molar-refractivity contribution in [3.05, 3.63) is 145 Å². The fourth-order valence-electron chi connectivity index (χ4n) is 6.49. The predicted octanol–water partition coefficient (Wildman–Crippen LogP) is 12.6. The summed E-state index contributed by atoms with van der Waals surface area (Å²) in [6.07, 6.45) is 0. The van der Waals surface area contributed by atoms with Gasteiger partial charge in [0.05, 0.1) is 21.9 Å². The largest absolute Gasteiger partial charge is 0.456 e. The van der Waals surface area contributed by atoms with E-state index in [1.807, 2.05) is 24.3 Å². The topological polar surface area (TPSA) is 26.3 Å². The molecule has 0 fully saturated rings. The summed E-state index contributed by atoms with van der Waals surface area (Å²) in [4.78, 5) is 0. The van der Waals surface area contributed by atoms with Gasteiger partial charge in [-0.15, -0.1) is 0 Å². The summed E-state index contributed by atoms with van der Waals surface area (Å²) in [6, 6.07) is 3.76. The van der Waals surface area contributed by atoms with Crippen LogP contribution in [0.25, 0.3) is 98.4 Å². The average Bonchev–Trinajstić information content (AvgIpc) is 3.86. The first-order chi connectivity index (χ1) is 28.9. The molecule has 0 saturated carbocycles. The minimum Gasteiger partial charge on any atom is -0.456 e. The van der Waals surface area contributed by atoms with E-state index in [9.17, 15) is 8.22 Å². The number of para-hydroxylation sites is 1. The fraction of sp³-hybridized carbons (Fsp3) is 0.0233. The summed E-state index contributed by atoms with van der Waals surface area (Å²) in [5.41, 5.74) is -0.634. The van der Waals surface area contributed by atoms with Crippen LogP contribution in [-0.4, -0.2) is 0 Å². The molecule has 2 heteroatoms. The summed E-state index contributed by atoms with van der Waals surface area (Å²) in [5.74, 6) is 0. The lowest BCUT2D eigenvalue weighted by molar-refractivity contribution is 0.661. The van der Waals surface area contributed by atoms with Gasteiger partial charge < -0.3 is 8.83 Å². The van der Waals surface area contributed by atoms with Crippen molar-refractivity contribution in [1.29, 1.82) is 0 Å². The molecular weight excluding hydrogens is 548 g/mol. The van der Waals surface area contributed by atoms with E-state index in [1.54, 1.807) is 18.2 Å². The lowest BCUT2D eigenvalue weighted by Crippen LogP contribution is -1.92. The van der Waals surface area contributed by atoms with Gasteiger partial charge in [-0.3, -0.25) is 0 Å². The van der Waals surface area contributed by atoms with Gasteiger partial charge in [0, 0.05) is 27.1 Å². The first kappa shape index (κ1) is 13.8. The van der Waals surface area contributed by atoms with Crippen LogP contribution in [0.5, 0.6) is 0 Å². The van der Waals surface area contributed by atoms with Gasteiger partial charge in [0.25, 0.3) is 0 Å². The van der Waals surface area contributed by atoms with Crippen molar-refractivity contribution in [1.82, 2.24) is 0 Å². The van der Waals surface area contributed by atoms with E-state index in [-0.39, 0.29) is 87.7 Å². The smallest absolute Gasteiger partial charge is 0.138 e. The third kappa shape index (κ3) is 3.39. The van der Waals surface area contributed by atoms with Crippen LogP contribution in [0, 0.1) is 6.92 Å². The zero-order valence-electron chi connectivity index (χ0n) is 39.4. The lowest BCUT2D eigenvalue weighted by atomic mass is 9.84. The summed E-state index contributed by atoms with van der Waals surface area (Å²) < 4.78 is 156. The standard InChI is InChI=1S/C43H26O2/c1-25-29(20-21-35-42-38(45-43(25)35)23-22-37-41(42)34-16-8-9-17-36(34)44-37)40-32-14-6-4-12-30(32)39(31-13-5-7-15-33(31)40)28-19-18-26-10-2-3-11-27(26)24-28/h2-24H,1H3/i4D,5D,6D,7D,8D,9D,12D,13D,14D,15D,16D,17D,20D,21D,22D,23D. The Labute approximate surface area is 281 Å². The highest BCUT2D eigenvalue weighted by Crippen LogP contribution is 2.47. The Morgan fingerprint density at radius 1 is 0.489 bits per heavy atom. The van der Waals surface area contributed by atoms with Crippen LogP contribution in [-0.2, 0) is 0 Å². The van der Waals surface area contributed by atoms with Gasteiger partial charge in [-0.05, 0) is 91.7 Å². The summed E-state index contributed by atoms with van der Waals surface area (Å²) in [7, 11) is 0. The Kier molecular flexibility index (Phi) is 2.79. The molecule has 2 aromatic heterocycles. The third-order valence-electron chi connectivity index (χ3n) is 8.47. The molecule has 45 heavy (non-hydrogen) atoms. The fourth-order valence-corrected chi connectivity index (χ4v) is 6.49. The van der Waals surface area contributed by atoms with Gasteiger partial charge in [0.1, 0.15) is 22.3 Å². The van der Waals surface area contributed by atoms with Crippen molar-refractivity contribution in [3.8, 4) is 22.3 Å². The molecule has 0 atom stereocenters. The van der Waals surface area contributed by atoms with Crippen LogP contribution >= 0.6 is 0 Å². The zero-order chi connectivity index (χ0) is 43.6. The maximum absolute atomic E-state index is 9.69. The summed E-state index contributed by atoms with van der Waals surface area (Å²) in [6.45, 7) is 1.51. The highest BCUT2D eigenvalue weighted by Gasteiger charge is 2.22. The van der Waals surface area contributed by atoms with E-state index in [0.717, 1.165) is 10.8 Å².